The number of hydrogen-bond acceptors (Lipinski definition) is 3. The van der Waals surface area contributed by atoms with Gasteiger partial charge in [-0.25, -0.2) is 0 Å². The van der Waals surface area contributed by atoms with Gasteiger partial charge in [0.15, 0.2) is 0 Å². The third-order valence-electron chi connectivity index (χ3n) is 11.0. The van der Waals surface area contributed by atoms with Crippen LogP contribution in [0.5, 0.6) is 5.75 Å². The summed E-state index contributed by atoms with van der Waals surface area (Å²) in [5, 5.41) is 14.1. The normalized spacial score (nSPS) is 45.8. The second-order valence-electron chi connectivity index (χ2n) is 12.3. The number of carbonyl (C=O) groups is 1. The molecule has 6 atom stereocenters. The highest BCUT2D eigenvalue weighted by atomic mass is 16.5. The lowest BCUT2D eigenvalue weighted by atomic mass is 9.45. The lowest BCUT2D eigenvalue weighted by Gasteiger charge is -2.59. The number of carboxylic acids is 1. The minimum absolute atomic E-state index is 0.174. The van der Waals surface area contributed by atoms with Gasteiger partial charge < -0.3 is 15.2 Å². The smallest absolute Gasteiger partial charge is 0.310 e. The summed E-state index contributed by atoms with van der Waals surface area (Å²) in [6.07, 6.45) is 13.3. The molecule has 0 aromatic heterocycles. The first kappa shape index (κ1) is 19.9. The number of ether oxygens (including phenoxy) is 1. The lowest BCUT2D eigenvalue weighted by Crippen LogP contribution is -2.59. The molecule has 0 radical (unpaired) electrons. The Morgan fingerprint density at radius 3 is 2.78 bits per heavy atom. The Labute approximate surface area is 191 Å². The Kier molecular flexibility index (Phi) is 4.33. The number of hydrogen-bond donors (Lipinski definition) is 2. The molecule has 1 saturated heterocycles. The van der Waals surface area contributed by atoms with E-state index in [0.717, 1.165) is 37.5 Å². The van der Waals surface area contributed by atoms with Gasteiger partial charge >= 0.3 is 5.97 Å². The number of rotatable bonds is 4. The molecular formula is C28H37NO3. The summed E-state index contributed by atoms with van der Waals surface area (Å²) in [7, 11) is 0. The molecule has 2 N–H and O–H groups in total. The van der Waals surface area contributed by atoms with Crippen molar-refractivity contribution in [3.8, 4) is 5.75 Å². The molecule has 1 aromatic carbocycles. The van der Waals surface area contributed by atoms with Crippen LogP contribution in [0.15, 0.2) is 18.2 Å². The number of benzene rings is 1. The average Bonchev–Trinajstić information content (AvgIpc) is 2.78. The van der Waals surface area contributed by atoms with E-state index in [1.807, 2.05) is 0 Å². The third-order valence-corrected chi connectivity index (χ3v) is 11.0. The second kappa shape index (κ2) is 6.98. The van der Waals surface area contributed by atoms with Gasteiger partial charge in [-0.1, -0.05) is 18.9 Å². The fourth-order valence-electron chi connectivity index (χ4n) is 9.95. The Morgan fingerprint density at radius 1 is 1.12 bits per heavy atom. The van der Waals surface area contributed by atoms with E-state index in [-0.39, 0.29) is 5.92 Å². The molecule has 172 valence electrons. The highest BCUT2D eigenvalue weighted by Gasteiger charge is 2.61. The predicted molar refractivity (Wildman–Crippen MR) is 123 cm³/mol. The van der Waals surface area contributed by atoms with Crippen molar-refractivity contribution in [1.29, 1.82) is 0 Å². The molecule has 6 bridgehead atoms. The number of fused-ring (bicyclic) bond motifs is 1. The van der Waals surface area contributed by atoms with Crippen LogP contribution in [-0.2, 0) is 16.6 Å². The average molecular weight is 436 g/mol. The molecule has 3 unspecified atom stereocenters. The van der Waals surface area contributed by atoms with Crippen LogP contribution in [0.3, 0.4) is 0 Å². The van der Waals surface area contributed by atoms with Crippen LogP contribution in [0.1, 0.15) is 75.3 Å². The molecule has 7 aliphatic rings. The van der Waals surface area contributed by atoms with Crippen molar-refractivity contribution in [3.63, 3.8) is 0 Å². The zero-order valence-electron chi connectivity index (χ0n) is 19.2. The van der Waals surface area contributed by atoms with Crippen molar-refractivity contribution in [1.82, 2.24) is 5.32 Å². The predicted octanol–water partition coefficient (Wildman–Crippen LogP) is 4.94. The van der Waals surface area contributed by atoms with Crippen molar-refractivity contribution < 1.29 is 14.6 Å². The maximum Gasteiger partial charge on any atom is 0.310 e. The molecule has 32 heavy (non-hydrogen) atoms. The van der Waals surface area contributed by atoms with E-state index in [1.165, 1.54) is 56.9 Å². The van der Waals surface area contributed by atoms with Gasteiger partial charge in [0.25, 0.3) is 0 Å². The van der Waals surface area contributed by atoms with Gasteiger partial charge in [0, 0.05) is 17.4 Å². The topological polar surface area (TPSA) is 58.6 Å². The fraction of sp³-hybridized carbons (Fsp3) is 0.750. The molecule has 1 heterocycles. The van der Waals surface area contributed by atoms with Crippen LogP contribution < -0.4 is 10.1 Å². The zero-order chi connectivity index (χ0) is 21.5. The van der Waals surface area contributed by atoms with Crippen LogP contribution in [0.2, 0.25) is 0 Å². The third kappa shape index (κ3) is 2.68. The first-order valence-electron chi connectivity index (χ1n) is 13.3. The first-order valence-corrected chi connectivity index (χ1v) is 13.3. The van der Waals surface area contributed by atoms with Crippen LogP contribution >= 0.6 is 0 Å². The summed E-state index contributed by atoms with van der Waals surface area (Å²) >= 11 is 0. The van der Waals surface area contributed by atoms with E-state index in [4.69, 9.17) is 4.74 Å². The number of carboxylic acid groups (broad SMARTS) is 1. The molecule has 0 amide bonds. The molecule has 8 rings (SSSR count). The largest absolute Gasteiger partial charge is 0.493 e. The van der Waals surface area contributed by atoms with Gasteiger partial charge in [-0.3, -0.25) is 4.79 Å². The van der Waals surface area contributed by atoms with Crippen LogP contribution in [-0.4, -0.2) is 30.3 Å². The highest BCUT2D eigenvalue weighted by molar-refractivity contribution is 5.76. The van der Waals surface area contributed by atoms with Crippen LogP contribution in [0.4, 0.5) is 0 Å². The summed E-state index contributed by atoms with van der Waals surface area (Å²) in [4.78, 5) is 12.5. The summed E-state index contributed by atoms with van der Waals surface area (Å²) in [6.45, 7) is 1.72. The summed E-state index contributed by atoms with van der Waals surface area (Å²) < 4.78 is 6.51. The maximum absolute atomic E-state index is 12.5. The number of piperidine rings is 1. The van der Waals surface area contributed by atoms with E-state index in [1.54, 1.807) is 5.56 Å². The maximum atomic E-state index is 12.5. The SMILES string of the molecule is O=C(O)C12CC3CC(CC(C3)C1COc1ccc3c(c1)[C@@]14CCCC[C@H]1[C@@H](C3)NCC4)C2. The van der Waals surface area contributed by atoms with E-state index in [0.29, 0.717) is 35.8 Å². The van der Waals surface area contributed by atoms with E-state index < -0.39 is 11.4 Å². The van der Waals surface area contributed by atoms with Crippen LogP contribution in [0.25, 0.3) is 0 Å². The van der Waals surface area contributed by atoms with Gasteiger partial charge in [0.1, 0.15) is 5.75 Å². The molecule has 4 heteroatoms. The van der Waals surface area contributed by atoms with Crippen molar-refractivity contribution in [2.24, 2.45) is 35.0 Å². The van der Waals surface area contributed by atoms with Crippen molar-refractivity contribution >= 4 is 5.97 Å². The van der Waals surface area contributed by atoms with E-state index in [2.05, 4.69) is 23.5 Å². The Hall–Kier alpha value is -1.55. The standard InChI is InChI=1S/C28H37NO3/c30-26(31)28-14-17-9-18(15-28)11-20(10-17)24(28)16-32-21-5-4-19-12-25-22-3-1-2-6-27(22,7-8-29-25)23(19)13-21/h4-5,13,17-18,20,22,24-25,29H,1-3,6-12,14-16H2,(H,30,31)/t17?,18?,20?,22-,24?,25+,27+,28?/m0/s1. The van der Waals surface area contributed by atoms with Crippen molar-refractivity contribution in [2.75, 3.05) is 13.2 Å². The highest BCUT2D eigenvalue weighted by Crippen LogP contribution is 2.63. The molecule has 4 nitrogen and oxygen atoms in total. The van der Waals surface area contributed by atoms with Gasteiger partial charge in [-0.15, -0.1) is 0 Å². The van der Waals surface area contributed by atoms with E-state index in [9.17, 15) is 9.90 Å². The molecule has 5 saturated carbocycles. The van der Waals surface area contributed by atoms with Crippen LogP contribution in [0, 0.1) is 35.0 Å². The molecule has 0 spiro atoms. The number of aliphatic carboxylic acids is 1. The Bertz CT molecular complexity index is 925. The minimum atomic E-state index is -0.555. The molecular weight excluding hydrogens is 398 g/mol. The minimum Gasteiger partial charge on any atom is -0.493 e. The van der Waals surface area contributed by atoms with Gasteiger partial charge in [-0.2, -0.15) is 0 Å². The zero-order valence-corrected chi connectivity index (χ0v) is 19.2. The van der Waals surface area contributed by atoms with Gasteiger partial charge in [0.05, 0.1) is 12.0 Å². The monoisotopic (exact) mass is 435 g/mol. The fourth-order valence-corrected chi connectivity index (χ4v) is 9.95. The molecule has 6 fully saturated rings. The van der Waals surface area contributed by atoms with E-state index >= 15 is 0 Å². The second-order valence-corrected chi connectivity index (χ2v) is 12.3. The summed E-state index contributed by atoms with van der Waals surface area (Å²) in [5.74, 6) is 3.19. The molecule has 1 aromatic rings. The quantitative estimate of drug-likeness (QED) is 0.703. The number of nitrogens with one attached hydrogen (secondary N) is 1. The van der Waals surface area contributed by atoms with Gasteiger partial charge in [-0.05, 0) is 111 Å². The summed E-state index contributed by atoms with van der Waals surface area (Å²) in [5.41, 5.74) is 2.89. The first-order chi connectivity index (χ1) is 15.6. The Morgan fingerprint density at radius 2 is 1.97 bits per heavy atom. The van der Waals surface area contributed by atoms with Crippen molar-refractivity contribution in [2.45, 2.75) is 82.1 Å². The molecule has 1 aliphatic heterocycles. The van der Waals surface area contributed by atoms with Gasteiger partial charge in [0.2, 0.25) is 0 Å². The molecule has 6 aliphatic carbocycles. The van der Waals surface area contributed by atoms with Crippen molar-refractivity contribution in [3.05, 3.63) is 29.3 Å². The summed E-state index contributed by atoms with van der Waals surface area (Å²) in [6, 6.07) is 7.50. The lowest BCUT2D eigenvalue weighted by molar-refractivity contribution is -0.180. The Balaban J connectivity index is 1.17.